The topological polar surface area (TPSA) is 17.1 Å². The Bertz CT molecular complexity index is 292. The highest BCUT2D eigenvalue weighted by Crippen LogP contribution is 2.16. The summed E-state index contributed by atoms with van der Waals surface area (Å²) < 4.78 is 0. The molecule has 0 aromatic heterocycles. The molecule has 0 bridgehead atoms. The first kappa shape index (κ1) is 9.01. The minimum absolute atomic E-state index is 0.436. The molecule has 12 heavy (non-hydrogen) atoms. The highest BCUT2D eigenvalue weighted by Gasteiger charge is 1.91. The molecule has 1 aromatic rings. The Morgan fingerprint density at radius 1 is 1.33 bits per heavy atom. The van der Waals surface area contributed by atoms with Crippen molar-refractivity contribution in [2.24, 2.45) is 0 Å². The summed E-state index contributed by atoms with van der Waals surface area (Å²) in [4.78, 5) is 10.00. The molecule has 0 spiro atoms. The highest BCUT2D eigenvalue weighted by molar-refractivity contribution is 6.32. The van der Waals surface area contributed by atoms with Gasteiger partial charge in [0.05, 0.1) is 0 Å². The van der Waals surface area contributed by atoms with Crippen molar-refractivity contribution in [1.82, 2.24) is 0 Å². The predicted molar refractivity (Wildman–Crippen MR) is 51.2 cm³/mol. The SMILES string of the molecule is O=CCC=Cc1ccccc1Cl. The van der Waals surface area contributed by atoms with Gasteiger partial charge in [-0.2, -0.15) is 0 Å². The van der Waals surface area contributed by atoms with Crippen LogP contribution in [0.25, 0.3) is 6.08 Å². The van der Waals surface area contributed by atoms with Crippen molar-refractivity contribution < 1.29 is 4.79 Å². The summed E-state index contributed by atoms with van der Waals surface area (Å²) in [5.41, 5.74) is 0.945. The lowest BCUT2D eigenvalue weighted by molar-refractivity contribution is -0.107. The van der Waals surface area contributed by atoms with E-state index in [0.29, 0.717) is 11.4 Å². The fourth-order valence-corrected chi connectivity index (χ4v) is 1.06. The molecule has 0 radical (unpaired) electrons. The van der Waals surface area contributed by atoms with Crippen LogP contribution in [0.3, 0.4) is 0 Å². The van der Waals surface area contributed by atoms with Gasteiger partial charge in [-0.05, 0) is 11.6 Å². The molecule has 0 amide bonds. The highest BCUT2D eigenvalue weighted by atomic mass is 35.5. The van der Waals surface area contributed by atoms with E-state index < -0.39 is 0 Å². The molecule has 1 nitrogen and oxygen atoms in total. The normalized spacial score (nSPS) is 10.4. The van der Waals surface area contributed by atoms with E-state index in [1.54, 1.807) is 6.08 Å². The minimum atomic E-state index is 0.436. The van der Waals surface area contributed by atoms with E-state index >= 15 is 0 Å². The summed E-state index contributed by atoms with van der Waals surface area (Å²) >= 11 is 5.86. The fraction of sp³-hybridized carbons (Fsp3) is 0.100. The summed E-state index contributed by atoms with van der Waals surface area (Å²) in [5, 5.41) is 0.708. The maximum Gasteiger partial charge on any atom is 0.123 e. The van der Waals surface area contributed by atoms with Crippen LogP contribution in [0.5, 0.6) is 0 Å². The minimum Gasteiger partial charge on any atom is -0.303 e. The first-order valence-electron chi connectivity index (χ1n) is 3.69. The second-order valence-corrected chi connectivity index (χ2v) is 2.73. The standard InChI is InChI=1S/C10H9ClO/c11-10-7-2-1-5-9(10)6-3-4-8-12/h1-3,5-8H,4H2. The molecule has 0 N–H and O–H groups in total. The molecule has 0 aliphatic rings. The lowest BCUT2D eigenvalue weighted by atomic mass is 10.2. The Hall–Kier alpha value is -1.08. The number of aldehydes is 1. The van der Waals surface area contributed by atoms with E-state index in [1.165, 1.54) is 0 Å². The third-order valence-electron chi connectivity index (χ3n) is 1.43. The van der Waals surface area contributed by atoms with Crippen LogP contribution in [0.2, 0.25) is 5.02 Å². The molecule has 0 fully saturated rings. The zero-order chi connectivity index (χ0) is 8.81. The van der Waals surface area contributed by atoms with Crippen LogP contribution in [0.15, 0.2) is 30.3 Å². The van der Waals surface area contributed by atoms with Gasteiger partial charge in [0.1, 0.15) is 6.29 Å². The number of rotatable bonds is 3. The fourth-order valence-electron chi connectivity index (χ4n) is 0.861. The van der Waals surface area contributed by atoms with E-state index in [1.807, 2.05) is 30.3 Å². The second-order valence-electron chi connectivity index (χ2n) is 2.33. The zero-order valence-electron chi connectivity index (χ0n) is 6.53. The van der Waals surface area contributed by atoms with Crippen LogP contribution in [-0.2, 0) is 4.79 Å². The van der Waals surface area contributed by atoms with Crippen LogP contribution in [0, 0.1) is 0 Å². The van der Waals surface area contributed by atoms with Crippen LogP contribution in [0.1, 0.15) is 12.0 Å². The average Bonchev–Trinajstić information content (AvgIpc) is 2.09. The van der Waals surface area contributed by atoms with Gasteiger partial charge in [-0.1, -0.05) is 42.0 Å². The largest absolute Gasteiger partial charge is 0.303 e. The molecule has 0 aliphatic carbocycles. The molecule has 2 heteroatoms. The van der Waals surface area contributed by atoms with Crippen molar-refractivity contribution in [1.29, 1.82) is 0 Å². The third-order valence-corrected chi connectivity index (χ3v) is 1.78. The number of carbonyl (C=O) groups excluding carboxylic acids is 1. The molecular formula is C10H9ClO. The maximum atomic E-state index is 10.00. The van der Waals surface area contributed by atoms with Gasteiger partial charge in [0.15, 0.2) is 0 Å². The van der Waals surface area contributed by atoms with E-state index in [0.717, 1.165) is 11.8 Å². The van der Waals surface area contributed by atoms with Crippen LogP contribution in [-0.4, -0.2) is 6.29 Å². The van der Waals surface area contributed by atoms with Gasteiger partial charge in [0, 0.05) is 11.4 Å². The predicted octanol–water partition coefficient (Wildman–Crippen LogP) is 2.94. The van der Waals surface area contributed by atoms with Gasteiger partial charge in [-0.15, -0.1) is 0 Å². The number of hydrogen-bond donors (Lipinski definition) is 0. The Morgan fingerprint density at radius 3 is 2.75 bits per heavy atom. The van der Waals surface area contributed by atoms with Crippen molar-refractivity contribution in [2.75, 3.05) is 0 Å². The molecular weight excluding hydrogens is 172 g/mol. The number of hydrogen-bond acceptors (Lipinski definition) is 1. The molecule has 62 valence electrons. The van der Waals surface area contributed by atoms with Gasteiger partial charge in [0.2, 0.25) is 0 Å². The number of carbonyl (C=O) groups is 1. The van der Waals surface area contributed by atoms with Crippen molar-refractivity contribution >= 4 is 24.0 Å². The van der Waals surface area contributed by atoms with Crippen molar-refractivity contribution in [2.45, 2.75) is 6.42 Å². The molecule has 0 unspecified atom stereocenters. The summed E-state index contributed by atoms with van der Waals surface area (Å²) in [6, 6.07) is 7.51. The van der Waals surface area contributed by atoms with Gasteiger partial charge >= 0.3 is 0 Å². The number of benzene rings is 1. The summed E-state index contributed by atoms with van der Waals surface area (Å²) in [7, 11) is 0. The third kappa shape index (κ3) is 2.51. The zero-order valence-corrected chi connectivity index (χ0v) is 7.29. The van der Waals surface area contributed by atoms with Crippen LogP contribution in [0.4, 0.5) is 0 Å². The Labute approximate surface area is 76.7 Å². The van der Waals surface area contributed by atoms with Crippen LogP contribution >= 0.6 is 11.6 Å². The van der Waals surface area contributed by atoms with Gasteiger partial charge < -0.3 is 4.79 Å². The summed E-state index contributed by atoms with van der Waals surface area (Å²) in [6.07, 6.45) is 4.92. The van der Waals surface area contributed by atoms with E-state index in [4.69, 9.17) is 11.6 Å². The molecule has 1 rings (SSSR count). The van der Waals surface area contributed by atoms with Gasteiger partial charge in [0.25, 0.3) is 0 Å². The molecule has 0 saturated heterocycles. The number of allylic oxidation sites excluding steroid dienone is 1. The smallest absolute Gasteiger partial charge is 0.123 e. The Balaban J connectivity index is 2.74. The maximum absolute atomic E-state index is 10.00. The van der Waals surface area contributed by atoms with Crippen molar-refractivity contribution in [3.63, 3.8) is 0 Å². The van der Waals surface area contributed by atoms with E-state index in [2.05, 4.69) is 0 Å². The second kappa shape index (κ2) is 4.73. The Kier molecular flexibility index (Phi) is 3.55. The Morgan fingerprint density at radius 2 is 2.08 bits per heavy atom. The van der Waals surface area contributed by atoms with E-state index in [9.17, 15) is 4.79 Å². The lowest BCUT2D eigenvalue weighted by Gasteiger charge is -1.94. The first-order valence-corrected chi connectivity index (χ1v) is 4.07. The average molecular weight is 181 g/mol. The number of halogens is 1. The van der Waals surface area contributed by atoms with Gasteiger partial charge in [-0.25, -0.2) is 0 Å². The summed E-state index contributed by atoms with van der Waals surface area (Å²) in [6.45, 7) is 0. The van der Waals surface area contributed by atoms with Gasteiger partial charge in [-0.3, -0.25) is 0 Å². The molecule has 0 heterocycles. The first-order chi connectivity index (χ1) is 5.84. The van der Waals surface area contributed by atoms with Crippen molar-refractivity contribution in [3.8, 4) is 0 Å². The molecule has 0 aliphatic heterocycles. The van der Waals surface area contributed by atoms with Crippen molar-refractivity contribution in [3.05, 3.63) is 40.9 Å². The van der Waals surface area contributed by atoms with Crippen LogP contribution < -0.4 is 0 Å². The van der Waals surface area contributed by atoms with E-state index in [-0.39, 0.29) is 0 Å². The summed E-state index contributed by atoms with van der Waals surface area (Å²) in [5.74, 6) is 0. The monoisotopic (exact) mass is 180 g/mol. The molecule has 0 saturated carbocycles. The molecule has 1 aromatic carbocycles. The lowest BCUT2D eigenvalue weighted by Crippen LogP contribution is -1.73. The quantitative estimate of drug-likeness (QED) is 0.654. The molecule has 0 atom stereocenters.